The third-order valence-corrected chi connectivity index (χ3v) is 7.43. The Kier molecular flexibility index (Phi) is 9.56. The van der Waals surface area contributed by atoms with Crippen LogP contribution in [0.15, 0.2) is 78.4 Å². The van der Waals surface area contributed by atoms with Crippen LogP contribution in [0, 0.1) is 0 Å². The number of fused-ring (bicyclic) bond motifs is 1. The molecule has 2 fully saturated rings. The summed E-state index contributed by atoms with van der Waals surface area (Å²) in [6, 6.07) is 25.4. The lowest BCUT2D eigenvalue weighted by atomic mass is 9.92. The summed E-state index contributed by atoms with van der Waals surface area (Å²) in [4.78, 5) is 21.4. The molecule has 11 heteroatoms. The molecule has 2 aliphatic heterocycles. The first-order chi connectivity index (χ1) is 21.2. The first-order valence-electron chi connectivity index (χ1n) is 14.1. The van der Waals surface area contributed by atoms with Crippen molar-refractivity contribution < 1.29 is 32.6 Å². The molecule has 3 aromatic carbocycles. The molecule has 8 nitrogen and oxygen atoms in total. The van der Waals surface area contributed by atoms with Gasteiger partial charge in [0, 0.05) is 42.6 Å². The monoisotopic (exact) mass is 604 g/mol. The zero-order valence-electron chi connectivity index (χ0n) is 23.6. The topological polar surface area (TPSA) is 116 Å². The number of aliphatic carboxylic acids is 1. The fourth-order valence-corrected chi connectivity index (χ4v) is 5.05. The van der Waals surface area contributed by atoms with E-state index >= 15 is 0 Å². The summed E-state index contributed by atoms with van der Waals surface area (Å²) >= 11 is 0. The highest BCUT2D eigenvalue weighted by Crippen LogP contribution is 2.30. The Balaban J connectivity index is 0.000000493. The molecule has 6 rings (SSSR count). The molecule has 2 aliphatic rings. The molecule has 2 atom stereocenters. The molecule has 0 saturated carbocycles. The number of nitrogens with one attached hydrogen (secondary N) is 3. The van der Waals surface area contributed by atoms with Crippen LogP contribution in [0.5, 0.6) is 0 Å². The van der Waals surface area contributed by atoms with Gasteiger partial charge < -0.3 is 20.5 Å². The number of amides is 1. The van der Waals surface area contributed by atoms with E-state index in [1.807, 2.05) is 36.4 Å². The standard InChI is InChI=1S/C31H30N4O2.C2HF3O2/c36-31-27(28(19-33-31)24-4-2-1-3-5-24)16-23-10-12-26-29(34-35-30(26)17-23)13-11-21-6-8-22(9-7-21)18-32-25-14-15-37-20-25;3-2(4,5)1(6)7/h1-13,16-17,25,28,32H,14-15,18-20H2,(H,33,36)(H,34,35);(H,6,7)/b13-11+,27-16+;/t25-,28?;/m0./s1. The number of benzene rings is 3. The number of alkyl halides is 3. The molecule has 0 spiro atoms. The fraction of sp³-hybridized carbons (Fsp3) is 0.242. The van der Waals surface area contributed by atoms with Gasteiger partial charge in [-0.2, -0.15) is 18.3 Å². The maximum Gasteiger partial charge on any atom is 0.490 e. The van der Waals surface area contributed by atoms with Crippen LogP contribution in [0.25, 0.3) is 29.1 Å². The number of carbonyl (C=O) groups is 2. The minimum atomic E-state index is -5.08. The van der Waals surface area contributed by atoms with Crippen molar-refractivity contribution >= 4 is 41.0 Å². The number of nitrogens with zero attached hydrogens (tertiary/aromatic N) is 1. The highest BCUT2D eigenvalue weighted by Gasteiger charge is 2.38. The molecule has 44 heavy (non-hydrogen) atoms. The number of carboxylic acids is 1. The van der Waals surface area contributed by atoms with Crippen LogP contribution in [0.2, 0.25) is 0 Å². The highest BCUT2D eigenvalue weighted by molar-refractivity contribution is 6.02. The Morgan fingerprint density at radius 1 is 1.05 bits per heavy atom. The maximum atomic E-state index is 12.6. The fourth-order valence-electron chi connectivity index (χ4n) is 5.05. The number of carboxylic acid groups (broad SMARTS) is 1. The summed E-state index contributed by atoms with van der Waals surface area (Å²) < 4.78 is 37.2. The van der Waals surface area contributed by atoms with Gasteiger partial charge >= 0.3 is 12.1 Å². The minimum Gasteiger partial charge on any atom is -0.475 e. The van der Waals surface area contributed by atoms with Gasteiger partial charge in [0.2, 0.25) is 5.91 Å². The zero-order chi connectivity index (χ0) is 31.1. The van der Waals surface area contributed by atoms with Crippen LogP contribution in [0.1, 0.15) is 40.3 Å². The normalized spacial score (nSPS) is 19.3. The quantitative estimate of drug-likeness (QED) is 0.206. The van der Waals surface area contributed by atoms with Crippen LogP contribution in [-0.2, 0) is 20.9 Å². The number of ether oxygens (including phenoxy) is 1. The molecule has 4 aromatic rings. The first kappa shape index (κ1) is 30.7. The van der Waals surface area contributed by atoms with Crippen LogP contribution in [0.3, 0.4) is 0 Å². The third-order valence-electron chi connectivity index (χ3n) is 7.43. The smallest absolute Gasteiger partial charge is 0.475 e. The van der Waals surface area contributed by atoms with Crippen LogP contribution in [0.4, 0.5) is 13.2 Å². The average molecular weight is 605 g/mol. The van der Waals surface area contributed by atoms with E-state index in [4.69, 9.17) is 14.6 Å². The van der Waals surface area contributed by atoms with Gasteiger partial charge in [0.25, 0.3) is 0 Å². The summed E-state index contributed by atoms with van der Waals surface area (Å²) in [7, 11) is 0. The largest absolute Gasteiger partial charge is 0.490 e. The van der Waals surface area contributed by atoms with E-state index in [0.717, 1.165) is 65.0 Å². The van der Waals surface area contributed by atoms with Gasteiger partial charge in [-0.1, -0.05) is 66.7 Å². The molecule has 0 aliphatic carbocycles. The Hall–Kier alpha value is -4.74. The van der Waals surface area contributed by atoms with Gasteiger partial charge in [-0.3, -0.25) is 9.89 Å². The second-order valence-corrected chi connectivity index (χ2v) is 10.5. The van der Waals surface area contributed by atoms with Crippen molar-refractivity contribution in [2.24, 2.45) is 0 Å². The summed E-state index contributed by atoms with van der Waals surface area (Å²) in [5.74, 6) is -2.70. The molecular formula is C33H31F3N4O4. The Morgan fingerprint density at radius 2 is 1.77 bits per heavy atom. The van der Waals surface area contributed by atoms with E-state index < -0.39 is 12.1 Å². The van der Waals surface area contributed by atoms with Gasteiger partial charge in [-0.25, -0.2) is 4.79 Å². The number of aromatic nitrogens is 2. The van der Waals surface area contributed by atoms with Crippen molar-refractivity contribution in [3.05, 3.63) is 106 Å². The average Bonchev–Trinajstić information content (AvgIpc) is 3.77. The van der Waals surface area contributed by atoms with Crippen LogP contribution >= 0.6 is 0 Å². The molecule has 0 bridgehead atoms. The van der Waals surface area contributed by atoms with Crippen molar-refractivity contribution in [2.75, 3.05) is 19.8 Å². The number of H-pyrrole nitrogens is 1. The lowest BCUT2D eigenvalue weighted by molar-refractivity contribution is -0.192. The Morgan fingerprint density at radius 3 is 2.45 bits per heavy atom. The van der Waals surface area contributed by atoms with Crippen molar-refractivity contribution in [2.45, 2.75) is 31.1 Å². The molecule has 3 heterocycles. The van der Waals surface area contributed by atoms with Crippen molar-refractivity contribution in [3.8, 4) is 0 Å². The van der Waals surface area contributed by atoms with Gasteiger partial charge in [-0.05, 0) is 53.0 Å². The molecule has 1 aromatic heterocycles. The molecule has 1 unspecified atom stereocenters. The van der Waals surface area contributed by atoms with Gasteiger partial charge in [0.05, 0.1) is 17.8 Å². The highest BCUT2D eigenvalue weighted by atomic mass is 19.4. The van der Waals surface area contributed by atoms with E-state index in [2.05, 4.69) is 75.4 Å². The van der Waals surface area contributed by atoms with E-state index in [1.54, 1.807) is 0 Å². The molecule has 228 valence electrons. The number of rotatable bonds is 7. The maximum absolute atomic E-state index is 12.6. The van der Waals surface area contributed by atoms with E-state index in [0.29, 0.717) is 12.6 Å². The van der Waals surface area contributed by atoms with Crippen LogP contribution < -0.4 is 10.6 Å². The Bertz CT molecular complexity index is 1660. The molecular weight excluding hydrogens is 573 g/mol. The number of hydrogen-bond donors (Lipinski definition) is 4. The molecule has 1 amide bonds. The van der Waals surface area contributed by atoms with Crippen molar-refractivity contribution in [3.63, 3.8) is 0 Å². The van der Waals surface area contributed by atoms with Gasteiger partial charge in [0.1, 0.15) is 0 Å². The van der Waals surface area contributed by atoms with E-state index in [-0.39, 0.29) is 11.8 Å². The Labute approximate surface area is 251 Å². The van der Waals surface area contributed by atoms with Crippen molar-refractivity contribution in [1.29, 1.82) is 0 Å². The minimum absolute atomic E-state index is 0.00321. The van der Waals surface area contributed by atoms with Crippen LogP contribution in [-0.4, -0.2) is 59.2 Å². The summed E-state index contributed by atoms with van der Waals surface area (Å²) in [6.45, 7) is 3.15. The summed E-state index contributed by atoms with van der Waals surface area (Å²) in [5.41, 5.74) is 7.15. The lowest BCUT2D eigenvalue weighted by Crippen LogP contribution is -2.28. The third kappa shape index (κ3) is 7.80. The van der Waals surface area contributed by atoms with Gasteiger partial charge in [0.15, 0.2) is 0 Å². The molecule has 0 radical (unpaired) electrons. The molecule has 2 saturated heterocycles. The van der Waals surface area contributed by atoms with E-state index in [9.17, 15) is 18.0 Å². The lowest BCUT2D eigenvalue weighted by Gasteiger charge is -2.10. The SMILES string of the molecule is O=C(O)C(F)(F)F.O=C1NCC(c2ccccc2)/C1=C\c1ccc2c(/C=C/c3ccc(CN[C@H]4CCOC4)cc3)n[nH]c2c1. The van der Waals surface area contributed by atoms with Crippen molar-refractivity contribution in [1.82, 2.24) is 20.8 Å². The molecule has 4 N–H and O–H groups in total. The predicted molar refractivity (Wildman–Crippen MR) is 161 cm³/mol. The number of hydrogen-bond acceptors (Lipinski definition) is 5. The van der Waals surface area contributed by atoms with E-state index in [1.165, 1.54) is 5.56 Å². The number of aromatic amines is 1. The second kappa shape index (κ2) is 13.7. The summed E-state index contributed by atoms with van der Waals surface area (Å²) in [6.07, 6.45) is 2.11. The second-order valence-electron chi connectivity index (χ2n) is 10.5. The van der Waals surface area contributed by atoms with Gasteiger partial charge in [-0.15, -0.1) is 0 Å². The number of carbonyl (C=O) groups excluding carboxylic acids is 1. The zero-order valence-corrected chi connectivity index (χ0v) is 23.6. The number of halogens is 3. The predicted octanol–water partition coefficient (Wildman–Crippen LogP) is 5.54. The summed E-state index contributed by atoms with van der Waals surface area (Å²) in [5, 5.41) is 22.4. The first-order valence-corrected chi connectivity index (χ1v) is 14.1.